The van der Waals surface area contributed by atoms with Crippen LogP contribution in [-0.4, -0.2) is 43.8 Å². The first-order chi connectivity index (χ1) is 16.4. The quantitative estimate of drug-likeness (QED) is 0.220. The second-order valence-electron chi connectivity index (χ2n) is 8.96. The van der Waals surface area contributed by atoms with E-state index in [2.05, 4.69) is 15.6 Å². The second kappa shape index (κ2) is 13.0. The predicted molar refractivity (Wildman–Crippen MR) is 135 cm³/mol. The normalized spacial score (nSPS) is 15.1. The zero-order chi connectivity index (χ0) is 24.4. The molecule has 1 fully saturated rings. The van der Waals surface area contributed by atoms with Gasteiger partial charge in [0.2, 0.25) is 10.0 Å². The van der Waals surface area contributed by atoms with Crippen molar-refractivity contribution in [2.45, 2.75) is 64.2 Å². The molecule has 10 heteroatoms. The second-order valence-corrected chi connectivity index (χ2v) is 11.0. The molecule has 0 atom stereocenters. The van der Waals surface area contributed by atoms with Crippen LogP contribution in [0.15, 0.2) is 34.1 Å². The summed E-state index contributed by atoms with van der Waals surface area (Å²) >= 11 is 0. The molecule has 0 unspecified atom stereocenters. The zero-order valence-electron chi connectivity index (χ0n) is 19.9. The summed E-state index contributed by atoms with van der Waals surface area (Å²) < 4.78 is 25.8. The van der Waals surface area contributed by atoms with E-state index in [-0.39, 0.29) is 11.4 Å². The average molecular weight is 493 g/mol. The van der Waals surface area contributed by atoms with Gasteiger partial charge in [0.15, 0.2) is 0 Å². The van der Waals surface area contributed by atoms with E-state index in [0.717, 1.165) is 30.2 Å². The first-order valence-corrected chi connectivity index (χ1v) is 13.8. The molecule has 0 spiro atoms. The lowest BCUT2D eigenvalue weighted by Crippen LogP contribution is -2.36. The molecule has 0 amide bonds. The van der Waals surface area contributed by atoms with Crippen LogP contribution in [-0.2, 0) is 14.9 Å². The van der Waals surface area contributed by atoms with E-state index in [1.807, 2.05) is 0 Å². The molecule has 2 N–H and O–H groups in total. The Bertz CT molecular complexity index is 1060. The number of aromatic nitrogens is 1. The lowest BCUT2D eigenvalue weighted by molar-refractivity contribution is -0.0707. The third-order valence-corrected chi connectivity index (χ3v) is 8.10. The fourth-order valence-corrected chi connectivity index (χ4v) is 5.33. The summed E-state index contributed by atoms with van der Waals surface area (Å²) in [5.41, 5.74) is 0.211. The summed E-state index contributed by atoms with van der Waals surface area (Å²) in [6, 6.07) is 3.43. The van der Waals surface area contributed by atoms with Gasteiger partial charge in [-0.15, -0.1) is 0 Å². The van der Waals surface area contributed by atoms with Crippen molar-refractivity contribution in [2.75, 3.05) is 36.6 Å². The standard InChI is InChI=1S/C24H36N4O5S/c1-28(33-17-13-19-9-5-4-6-10-19)34(31,32)18-8-3-2-7-14-26-21-22(24(30)23(21)29)27-20-11-15-25-16-12-20/h11-12,15-16,19,26H,2-10,13-14,17-18H2,1H3,(H,25,27). The van der Waals surface area contributed by atoms with E-state index < -0.39 is 20.9 Å². The summed E-state index contributed by atoms with van der Waals surface area (Å²) in [6.45, 7) is 0.980. The summed E-state index contributed by atoms with van der Waals surface area (Å²) in [6.07, 6.45) is 13.3. The van der Waals surface area contributed by atoms with Gasteiger partial charge in [0.25, 0.3) is 10.9 Å². The van der Waals surface area contributed by atoms with Gasteiger partial charge < -0.3 is 10.6 Å². The lowest BCUT2D eigenvalue weighted by atomic mass is 9.87. The van der Waals surface area contributed by atoms with Gasteiger partial charge in [-0.25, -0.2) is 8.42 Å². The molecule has 1 aliphatic carbocycles. The first kappa shape index (κ1) is 26.3. The van der Waals surface area contributed by atoms with E-state index in [1.165, 1.54) is 39.2 Å². The van der Waals surface area contributed by atoms with Crippen molar-refractivity contribution in [3.8, 4) is 0 Å². The lowest BCUT2D eigenvalue weighted by Gasteiger charge is -2.23. The molecule has 0 aliphatic heterocycles. The topological polar surface area (TPSA) is 118 Å². The molecule has 1 aliphatic rings. The van der Waals surface area contributed by atoms with Gasteiger partial charge in [-0.2, -0.15) is 0 Å². The molecular formula is C24H36N4O5S. The molecule has 3 rings (SSSR count). The van der Waals surface area contributed by atoms with Crippen molar-refractivity contribution in [1.29, 1.82) is 0 Å². The van der Waals surface area contributed by atoms with Crippen molar-refractivity contribution in [2.24, 2.45) is 5.92 Å². The minimum absolute atomic E-state index is 0.0541. The van der Waals surface area contributed by atoms with E-state index in [4.69, 9.17) is 4.84 Å². The van der Waals surface area contributed by atoms with Gasteiger partial charge in [0, 0.05) is 31.7 Å². The number of nitrogens with zero attached hydrogens (tertiary/aromatic N) is 2. The largest absolute Gasteiger partial charge is 0.380 e. The van der Waals surface area contributed by atoms with Crippen LogP contribution in [0.25, 0.3) is 0 Å². The third-order valence-electron chi connectivity index (χ3n) is 6.41. The van der Waals surface area contributed by atoms with Crippen LogP contribution in [0.3, 0.4) is 0 Å². The van der Waals surface area contributed by atoms with Crippen LogP contribution in [0.5, 0.6) is 0 Å². The van der Waals surface area contributed by atoms with Gasteiger partial charge in [0.05, 0.1) is 12.4 Å². The van der Waals surface area contributed by atoms with Crippen LogP contribution in [0, 0.1) is 5.92 Å². The molecule has 0 radical (unpaired) electrons. The fraction of sp³-hybridized carbons (Fsp3) is 0.625. The highest BCUT2D eigenvalue weighted by Crippen LogP contribution is 2.26. The van der Waals surface area contributed by atoms with Gasteiger partial charge >= 0.3 is 0 Å². The SMILES string of the molecule is CN(OCCC1CCCCC1)S(=O)(=O)CCCCCCNc1c(Nc2ccncc2)c(=O)c1=O. The van der Waals surface area contributed by atoms with Crippen molar-refractivity contribution in [1.82, 2.24) is 9.45 Å². The molecular weight excluding hydrogens is 456 g/mol. The highest BCUT2D eigenvalue weighted by molar-refractivity contribution is 7.88. The molecule has 1 saturated carbocycles. The number of anilines is 3. The van der Waals surface area contributed by atoms with Crippen LogP contribution in [0.2, 0.25) is 0 Å². The van der Waals surface area contributed by atoms with Crippen LogP contribution in [0.1, 0.15) is 64.2 Å². The third kappa shape index (κ3) is 7.61. The summed E-state index contributed by atoms with van der Waals surface area (Å²) in [7, 11) is -1.95. The highest BCUT2D eigenvalue weighted by Gasteiger charge is 2.21. The van der Waals surface area contributed by atoms with Crippen LogP contribution < -0.4 is 21.5 Å². The summed E-state index contributed by atoms with van der Waals surface area (Å²) in [5, 5.41) is 5.98. The minimum atomic E-state index is -3.42. The Morgan fingerprint density at radius 3 is 2.41 bits per heavy atom. The molecule has 1 aromatic carbocycles. The number of nitrogens with one attached hydrogen (secondary N) is 2. The Labute approximate surface area is 201 Å². The maximum absolute atomic E-state index is 12.4. The van der Waals surface area contributed by atoms with Gasteiger partial charge in [-0.3, -0.25) is 19.4 Å². The molecule has 1 heterocycles. The van der Waals surface area contributed by atoms with Crippen molar-refractivity contribution in [3.05, 3.63) is 45.0 Å². The number of rotatable bonds is 15. The van der Waals surface area contributed by atoms with Gasteiger partial charge in [-0.05, 0) is 37.3 Å². The maximum Gasteiger partial charge on any atom is 0.253 e. The Hall–Kier alpha value is -2.30. The molecule has 188 valence electrons. The summed E-state index contributed by atoms with van der Waals surface area (Å²) in [4.78, 5) is 33.1. The van der Waals surface area contributed by atoms with Crippen molar-refractivity contribution >= 4 is 27.1 Å². The van der Waals surface area contributed by atoms with E-state index in [1.54, 1.807) is 24.5 Å². The molecule has 34 heavy (non-hydrogen) atoms. The molecule has 2 aromatic rings. The van der Waals surface area contributed by atoms with Crippen molar-refractivity contribution < 1.29 is 13.3 Å². The Morgan fingerprint density at radius 2 is 1.68 bits per heavy atom. The monoisotopic (exact) mass is 492 g/mol. The van der Waals surface area contributed by atoms with E-state index >= 15 is 0 Å². The number of unbranched alkanes of at least 4 members (excludes halogenated alkanes) is 3. The number of pyridine rings is 1. The summed E-state index contributed by atoms with van der Waals surface area (Å²) in [5.74, 6) is 0.712. The molecule has 9 nitrogen and oxygen atoms in total. The number of hydrogen-bond acceptors (Lipinski definition) is 8. The minimum Gasteiger partial charge on any atom is -0.380 e. The predicted octanol–water partition coefficient (Wildman–Crippen LogP) is 3.56. The van der Waals surface area contributed by atoms with E-state index in [9.17, 15) is 18.0 Å². The Kier molecular flexibility index (Phi) is 10.0. The molecule has 1 aromatic heterocycles. The Morgan fingerprint density at radius 1 is 1.00 bits per heavy atom. The highest BCUT2D eigenvalue weighted by atomic mass is 32.2. The number of hydrogen-bond donors (Lipinski definition) is 2. The van der Waals surface area contributed by atoms with E-state index in [0.29, 0.717) is 36.9 Å². The molecule has 0 saturated heterocycles. The van der Waals surface area contributed by atoms with Crippen LogP contribution >= 0.6 is 0 Å². The number of hydroxylamine groups is 1. The van der Waals surface area contributed by atoms with Gasteiger partial charge in [-0.1, -0.05) is 49.4 Å². The van der Waals surface area contributed by atoms with Gasteiger partial charge in [0.1, 0.15) is 11.4 Å². The van der Waals surface area contributed by atoms with Crippen molar-refractivity contribution in [3.63, 3.8) is 0 Å². The van der Waals surface area contributed by atoms with Crippen LogP contribution in [0.4, 0.5) is 17.1 Å². The maximum atomic E-state index is 12.4. The fourth-order valence-electron chi connectivity index (χ4n) is 4.27. The number of sulfonamides is 1. The first-order valence-electron chi connectivity index (χ1n) is 12.2. The smallest absolute Gasteiger partial charge is 0.253 e. The Balaban J connectivity index is 1.28. The molecule has 0 bridgehead atoms. The average Bonchev–Trinajstić information content (AvgIpc) is 2.85. The zero-order valence-corrected chi connectivity index (χ0v) is 20.7.